The number of aryl methyl sites for hydroxylation is 1. The van der Waals surface area contributed by atoms with Gasteiger partial charge in [0.1, 0.15) is 11.5 Å². The molecule has 0 fully saturated rings. The Bertz CT molecular complexity index is 965. The largest absolute Gasteiger partial charge is 0.366 e. The van der Waals surface area contributed by atoms with Gasteiger partial charge in [-0.15, -0.1) is 0 Å². The lowest BCUT2D eigenvalue weighted by Crippen LogP contribution is -2.18. The van der Waals surface area contributed by atoms with E-state index in [1.54, 1.807) is 43.3 Å². The summed E-state index contributed by atoms with van der Waals surface area (Å²) in [4.78, 5) is 23.9. The minimum Gasteiger partial charge on any atom is -0.366 e. The number of primary amides is 1. The maximum atomic E-state index is 13.9. The standard InChI is InChI=1S/C18H15FN4O2/c1-11-10-15(22-23(11)16-9-5-3-7-13(16)19)18(25)21-14-8-4-2-6-12(14)17(20)24/h2-10H,1H3,(H2,20,24)(H,21,25). The summed E-state index contributed by atoms with van der Waals surface area (Å²) in [7, 11) is 0. The van der Waals surface area contributed by atoms with E-state index in [1.165, 1.54) is 22.9 Å². The molecular formula is C18H15FN4O2. The van der Waals surface area contributed by atoms with Gasteiger partial charge in [-0.3, -0.25) is 9.59 Å². The van der Waals surface area contributed by atoms with E-state index in [0.29, 0.717) is 5.69 Å². The van der Waals surface area contributed by atoms with E-state index in [0.717, 1.165) is 0 Å². The molecule has 25 heavy (non-hydrogen) atoms. The topological polar surface area (TPSA) is 90.0 Å². The van der Waals surface area contributed by atoms with Crippen molar-refractivity contribution in [3.8, 4) is 5.69 Å². The second-order valence-electron chi connectivity index (χ2n) is 5.40. The molecular weight excluding hydrogens is 323 g/mol. The van der Waals surface area contributed by atoms with Gasteiger partial charge in [0.15, 0.2) is 5.69 Å². The molecule has 3 aromatic rings. The highest BCUT2D eigenvalue weighted by atomic mass is 19.1. The van der Waals surface area contributed by atoms with Crippen LogP contribution < -0.4 is 11.1 Å². The zero-order valence-corrected chi connectivity index (χ0v) is 13.4. The average Bonchev–Trinajstić information content (AvgIpc) is 2.97. The smallest absolute Gasteiger partial charge is 0.276 e. The summed E-state index contributed by atoms with van der Waals surface area (Å²) >= 11 is 0. The average molecular weight is 338 g/mol. The summed E-state index contributed by atoms with van der Waals surface area (Å²) in [6.07, 6.45) is 0. The number of anilines is 1. The molecule has 3 rings (SSSR count). The SMILES string of the molecule is Cc1cc(C(=O)Nc2ccccc2C(N)=O)nn1-c1ccccc1F. The Balaban J connectivity index is 1.91. The van der Waals surface area contributed by atoms with Gasteiger partial charge in [-0.1, -0.05) is 24.3 Å². The first-order valence-electron chi connectivity index (χ1n) is 7.49. The number of carbonyl (C=O) groups is 2. The highest BCUT2D eigenvalue weighted by Crippen LogP contribution is 2.18. The molecule has 1 aromatic heterocycles. The van der Waals surface area contributed by atoms with Crippen LogP contribution in [-0.2, 0) is 0 Å². The third-order valence-corrected chi connectivity index (χ3v) is 3.64. The Kier molecular flexibility index (Phi) is 4.30. The zero-order valence-electron chi connectivity index (χ0n) is 13.4. The Morgan fingerprint density at radius 2 is 1.80 bits per heavy atom. The number of carbonyl (C=O) groups excluding carboxylic acids is 2. The lowest BCUT2D eigenvalue weighted by atomic mass is 10.1. The lowest BCUT2D eigenvalue weighted by Gasteiger charge is -2.07. The number of para-hydroxylation sites is 2. The third kappa shape index (κ3) is 3.25. The molecule has 2 aromatic carbocycles. The Hall–Kier alpha value is -3.48. The number of halogens is 1. The second kappa shape index (κ2) is 6.56. The maximum absolute atomic E-state index is 13.9. The fraction of sp³-hybridized carbons (Fsp3) is 0.0556. The van der Waals surface area contributed by atoms with Crippen LogP contribution in [-0.4, -0.2) is 21.6 Å². The van der Waals surface area contributed by atoms with Crippen molar-refractivity contribution in [1.29, 1.82) is 0 Å². The highest BCUT2D eigenvalue weighted by molar-refractivity contribution is 6.07. The molecule has 7 heteroatoms. The van der Waals surface area contributed by atoms with Crippen LogP contribution in [0.15, 0.2) is 54.6 Å². The van der Waals surface area contributed by atoms with E-state index in [-0.39, 0.29) is 22.6 Å². The normalized spacial score (nSPS) is 10.5. The van der Waals surface area contributed by atoms with Crippen molar-refractivity contribution >= 4 is 17.5 Å². The number of benzene rings is 2. The van der Waals surface area contributed by atoms with Crippen LogP contribution in [0.25, 0.3) is 5.69 Å². The van der Waals surface area contributed by atoms with Gasteiger partial charge in [0.2, 0.25) is 0 Å². The number of nitrogens with zero attached hydrogens (tertiary/aromatic N) is 2. The highest BCUT2D eigenvalue weighted by Gasteiger charge is 2.17. The predicted molar refractivity (Wildman–Crippen MR) is 91.2 cm³/mol. The fourth-order valence-corrected chi connectivity index (χ4v) is 2.45. The molecule has 0 aliphatic heterocycles. The number of nitrogens with two attached hydrogens (primary N) is 1. The molecule has 0 aliphatic rings. The lowest BCUT2D eigenvalue weighted by molar-refractivity contribution is 0.100. The Labute approximate surface area is 143 Å². The molecule has 0 unspecified atom stereocenters. The summed E-state index contributed by atoms with van der Waals surface area (Å²) in [5.41, 5.74) is 6.72. The van der Waals surface area contributed by atoms with Crippen molar-refractivity contribution in [2.45, 2.75) is 6.92 Å². The summed E-state index contributed by atoms with van der Waals surface area (Å²) in [5.74, 6) is -1.62. The predicted octanol–water partition coefficient (Wildman–Crippen LogP) is 2.67. The van der Waals surface area contributed by atoms with E-state index in [4.69, 9.17) is 5.73 Å². The third-order valence-electron chi connectivity index (χ3n) is 3.64. The van der Waals surface area contributed by atoms with Crippen LogP contribution in [0.2, 0.25) is 0 Å². The molecule has 1 heterocycles. The van der Waals surface area contributed by atoms with Gasteiger partial charge in [0.25, 0.3) is 11.8 Å². The molecule has 0 aliphatic carbocycles. The van der Waals surface area contributed by atoms with Crippen LogP contribution in [0.5, 0.6) is 0 Å². The molecule has 2 amide bonds. The molecule has 126 valence electrons. The van der Waals surface area contributed by atoms with Crippen molar-refractivity contribution in [2.24, 2.45) is 5.73 Å². The first-order valence-corrected chi connectivity index (χ1v) is 7.49. The Morgan fingerprint density at radius 1 is 1.12 bits per heavy atom. The maximum Gasteiger partial charge on any atom is 0.276 e. The summed E-state index contributed by atoms with van der Waals surface area (Å²) in [6.45, 7) is 1.72. The summed E-state index contributed by atoms with van der Waals surface area (Å²) in [5, 5.41) is 6.77. The van der Waals surface area contributed by atoms with Gasteiger partial charge >= 0.3 is 0 Å². The molecule has 6 nitrogen and oxygen atoms in total. The molecule has 3 N–H and O–H groups in total. The van der Waals surface area contributed by atoms with Crippen molar-refractivity contribution < 1.29 is 14.0 Å². The van der Waals surface area contributed by atoms with Crippen LogP contribution in [0, 0.1) is 12.7 Å². The van der Waals surface area contributed by atoms with Gasteiger partial charge in [-0.05, 0) is 37.3 Å². The van der Waals surface area contributed by atoms with E-state index >= 15 is 0 Å². The van der Waals surface area contributed by atoms with E-state index in [1.807, 2.05) is 0 Å². The van der Waals surface area contributed by atoms with Crippen LogP contribution in [0.3, 0.4) is 0 Å². The first kappa shape index (κ1) is 16.4. The quantitative estimate of drug-likeness (QED) is 0.766. The first-order chi connectivity index (χ1) is 12.0. The number of hydrogen-bond donors (Lipinski definition) is 2. The molecule has 0 saturated carbocycles. The van der Waals surface area contributed by atoms with Gasteiger partial charge in [-0.25, -0.2) is 9.07 Å². The van der Waals surface area contributed by atoms with Gasteiger partial charge in [0.05, 0.1) is 11.3 Å². The van der Waals surface area contributed by atoms with Gasteiger partial charge in [0, 0.05) is 5.69 Å². The number of nitrogens with one attached hydrogen (secondary N) is 1. The number of rotatable bonds is 4. The fourth-order valence-electron chi connectivity index (χ4n) is 2.45. The monoisotopic (exact) mass is 338 g/mol. The van der Waals surface area contributed by atoms with E-state index in [9.17, 15) is 14.0 Å². The number of amides is 2. The van der Waals surface area contributed by atoms with Gasteiger partial charge < -0.3 is 11.1 Å². The second-order valence-corrected chi connectivity index (χ2v) is 5.40. The van der Waals surface area contributed by atoms with E-state index < -0.39 is 17.6 Å². The van der Waals surface area contributed by atoms with Gasteiger partial charge in [-0.2, -0.15) is 5.10 Å². The zero-order chi connectivity index (χ0) is 18.0. The molecule has 0 radical (unpaired) electrons. The number of aromatic nitrogens is 2. The molecule has 0 bridgehead atoms. The molecule has 0 spiro atoms. The van der Waals surface area contributed by atoms with Crippen molar-refractivity contribution in [3.63, 3.8) is 0 Å². The molecule has 0 atom stereocenters. The summed E-state index contributed by atoms with van der Waals surface area (Å²) in [6, 6.07) is 14.1. The molecule has 0 saturated heterocycles. The van der Waals surface area contributed by atoms with Crippen LogP contribution >= 0.6 is 0 Å². The van der Waals surface area contributed by atoms with Crippen LogP contribution in [0.4, 0.5) is 10.1 Å². The van der Waals surface area contributed by atoms with Crippen molar-refractivity contribution in [1.82, 2.24) is 9.78 Å². The minimum absolute atomic E-state index is 0.0972. The van der Waals surface area contributed by atoms with Crippen molar-refractivity contribution in [3.05, 3.63) is 77.4 Å². The van der Waals surface area contributed by atoms with E-state index in [2.05, 4.69) is 10.4 Å². The van der Waals surface area contributed by atoms with Crippen molar-refractivity contribution in [2.75, 3.05) is 5.32 Å². The summed E-state index contributed by atoms with van der Waals surface area (Å²) < 4.78 is 15.3. The number of hydrogen-bond acceptors (Lipinski definition) is 3. The Morgan fingerprint density at radius 3 is 2.52 bits per heavy atom. The minimum atomic E-state index is -0.649. The van der Waals surface area contributed by atoms with Crippen LogP contribution in [0.1, 0.15) is 26.5 Å².